The smallest absolute Gasteiger partial charge is 0.165 e. The molecular weight excluding hydrogens is 241 g/mol. The van der Waals surface area contributed by atoms with E-state index in [9.17, 15) is 4.39 Å². The number of hydrogen-bond donors (Lipinski definition) is 1. The summed E-state index contributed by atoms with van der Waals surface area (Å²) < 4.78 is 18.6. The number of hydrogen-bond acceptors (Lipinski definition) is 2. The quantitative estimate of drug-likeness (QED) is 0.895. The maximum atomic E-state index is 13.7. The van der Waals surface area contributed by atoms with Crippen molar-refractivity contribution in [2.75, 3.05) is 13.7 Å². The van der Waals surface area contributed by atoms with E-state index in [0.717, 1.165) is 12.0 Å². The van der Waals surface area contributed by atoms with Gasteiger partial charge in [-0.3, -0.25) is 0 Å². The van der Waals surface area contributed by atoms with Crippen LogP contribution in [-0.2, 0) is 6.42 Å². The highest BCUT2D eigenvalue weighted by Crippen LogP contribution is 2.23. The van der Waals surface area contributed by atoms with Crippen molar-refractivity contribution in [1.29, 1.82) is 0 Å². The van der Waals surface area contributed by atoms with Crippen LogP contribution in [0.25, 0.3) is 0 Å². The van der Waals surface area contributed by atoms with Gasteiger partial charge >= 0.3 is 0 Å². The molecule has 2 nitrogen and oxygen atoms in total. The number of methoxy groups -OCH3 is 1. The van der Waals surface area contributed by atoms with Crippen LogP contribution in [-0.4, -0.2) is 13.7 Å². The zero-order chi connectivity index (χ0) is 13.7. The first kappa shape index (κ1) is 13.6. The Morgan fingerprint density at radius 1 is 1.16 bits per heavy atom. The predicted octanol–water partition coefficient (Wildman–Crippen LogP) is 3.12. The van der Waals surface area contributed by atoms with Gasteiger partial charge in [-0.05, 0) is 36.2 Å². The highest BCUT2D eigenvalue weighted by molar-refractivity contribution is 5.31. The SMILES string of the molecule is COc1ccc(CC(CN)c2ccccc2)cc1F. The molecule has 0 heterocycles. The van der Waals surface area contributed by atoms with Crippen molar-refractivity contribution in [2.45, 2.75) is 12.3 Å². The largest absolute Gasteiger partial charge is 0.494 e. The van der Waals surface area contributed by atoms with E-state index in [4.69, 9.17) is 10.5 Å². The van der Waals surface area contributed by atoms with Gasteiger partial charge in [-0.25, -0.2) is 4.39 Å². The fraction of sp³-hybridized carbons (Fsp3) is 0.250. The third-order valence-corrected chi connectivity index (χ3v) is 3.25. The molecule has 0 aliphatic rings. The number of ether oxygens (including phenoxy) is 1. The van der Waals surface area contributed by atoms with E-state index in [1.54, 1.807) is 6.07 Å². The summed E-state index contributed by atoms with van der Waals surface area (Å²) in [6.07, 6.45) is 0.724. The van der Waals surface area contributed by atoms with Gasteiger partial charge in [0.2, 0.25) is 0 Å². The van der Waals surface area contributed by atoms with Crippen molar-refractivity contribution in [3.05, 3.63) is 65.5 Å². The molecule has 1 atom stereocenters. The molecule has 2 N–H and O–H groups in total. The lowest BCUT2D eigenvalue weighted by molar-refractivity contribution is 0.386. The van der Waals surface area contributed by atoms with E-state index in [0.29, 0.717) is 6.54 Å². The average Bonchev–Trinajstić information content (AvgIpc) is 2.46. The van der Waals surface area contributed by atoms with Crippen molar-refractivity contribution >= 4 is 0 Å². The highest BCUT2D eigenvalue weighted by Gasteiger charge is 2.12. The molecular formula is C16H18FNO. The Bertz CT molecular complexity index is 528. The lowest BCUT2D eigenvalue weighted by atomic mass is 9.92. The Kier molecular flexibility index (Phi) is 4.53. The van der Waals surface area contributed by atoms with E-state index in [1.165, 1.54) is 18.7 Å². The van der Waals surface area contributed by atoms with Gasteiger partial charge in [-0.1, -0.05) is 36.4 Å². The highest BCUT2D eigenvalue weighted by atomic mass is 19.1. The molecule has 0 radical (unpaired) electrons. The number of halogens is 1. The first-order chi connectivity index (χ1) is 9.24. The van der Waals surface area contributed by atoms with Crippen LogP contribution in [0.2, 0.25) is 0 Å². The molecule has 2 aromatic rings. The van der Waals surface area contributed by atoms with Crippen molar-refractivity contribution in [3.8, 4) is 5.75 Å². The van der Waals surface area contributed by atoms with Gasteiger partial charge in [0.25, 0.3) is 0 Å². The van der Waals surface area contributed by atoms with Crippen LogP contribution in [0.1, 0.15) is 17.0 Å². The molecule has 0 amide bonds. The summed E-state index contributed by atoms with van der Waals surface area (Å²) in [5.74, 6) is 0.144. The molecule has 0 fully saturated rings. The molecule has 2 aromatic carbocycles. The van der Waals surface area contributed by atoms with Gasteiger partial charge in [0.05, 0.1) is 7.11 Å². The van der Waals surface area contributed by atoms with Gasteiger partial charge in [0, 0.05) is 5.92 Å². The van der Waals surface area contributed by atoms with E-state index in [-0.39, 0.29) is 17.5 Å². The lowest BCUT2D eigenvalue weighted by Crippen LogP contribution is -2.15. The summed E-state index contributed by atoms with van der Waals surface area (Å²) in [6.45, 7) is 0.539. The van der Waals surface area contributed by atoms with E-state index in [2.05, 4.69) is 12.1 Å². The first-order valence-electron chi connectivity index (χ1n) is 6.32. The molecule has 0 saturated heterocycles. The van der Waals surface area contributed by atoms with Crippen molar-refractivity contribution < 1.29 is 9.13 Å². The maximum Gasteiger partial charge on any atom is 0.165 e. The summed E-state index contributed by atoms with van der Waals surface area (Å²) in [5.41, 5.74) is 7.94. The Labute approximate surface area is 113 Å². The van der Waals surface area contributed by atoms with Gasteiger partial charge in [0.1, 0.15) is 0 Å². The zero-order valence-corrected chi connectivity index (χ0v) is 11.0. The summed E-state index contributed by atoms with van der Waals surface area (Å²) in [4.78, 5) is 0. The average molecular weight is 259 g/mol. The Morgan fingerprint density at radius 3 is 2.47 bits per heavy atom. The van der Waals surface area contributed by atoms with Crippen molar-refractivity contribution in [2.24, 2.45) is 5.73 Å². The molecule has 0 aliphatic carbocycles. The molecule has 0 aromatic heterocycles. The molecule has 0 bridgehead atoms. The number of benzene rings is 2. The monoisotopic (exact) mass is 259 g/mol. The van der Waals surface area contributed by atoms with Gasteiger partial charge < -0.3 is 10.5 Å². The third kappa shape index (κ3) is 3.32. The Balaban J connectivity index is 2.17. The van der Waals surface area contributed by atoms with Crippen LogP contribution in [0.5, 0.6) is 5.75 Å². The normalized spacial score (nSPS) is 12.2. The van der Waals surface area contributed by atoms with E-state index in [1.807, 2.05) is 24.3 Å². The molecule has 3 heteroatoms. The minimum atomic E-state index is -0.330. The fourth-order valence-electron chi connectivity index (χ4n) is 2.18. The minimum Gasteiger partial charge on any atom is -0.494 e. The first-order valence-corrected chi connectivity index (χ1v) is 6.32. The van der Waals surface area contributed by atoms with E-state index < -0.39 is 0 Å². The van der Waals surface area contributed by atoms with Crippen molar-refractivity contribution in [3.63, 3.8) is 0 Å². The standard InChI is InChI=1S/C16H18FNO/c1-19-16-8-7-12(10-15(16)17)9-14(11-18)13-5-3-2-4-6-13/h2-8,10,14H,9,11,18H2,1H3. The summed E-state index contributed by atoms with van der Waals surface area (Å²) in [6, 6.07) is 15.1. The second-order valence-electron chi connectivity index (χ2n) is 4.52. The Morgan fingerprint density at radius 2 is 1.89 bits per heavy atom. The van der Waals surface area contributed by atoms with Crippen LogP contribution >= 0.6 is 0 Å². The van der Waals surface area contributed by atoms with Crippen LogP contribution in [0.4, 0.5) is 4.39 Å². The Hall–Kier alpha value is -1.87. The second kappa shape index (κ2) is 6.34. The van der Waals surface area contributed by atoms with Crippen LogP contribution in [0, 0.1) is 5.82 Å². The molecule has 2 rings (SSSR count). The van der Waals surface area contributed by atoms with Gasteiger partial charge in [-0.2, -0.15) is 0 Å². The molecule has 0 spiro atoms. The van der Waals surface area contributed by atoms with E-state index >= 15 is 0 Å². The molecule has 19 heavy (non-hydrogen) atoms. The molecule has 1 unspecified atom stereocenters. The lowest BCUT2D eigenvalue weighted by Gasteiger charge is -2.15. The van der Waals surface area contributed by atoms with Crippen LogP contribution < -0.4 is 10.5 Å². The summed E-state index contributed by atoms with van der Waals surface area (Å²) in [5, 5.41) is 0. The predicted molar refractivity (Wildman–Crippen MR) is 74.9 cm³/mol. The summed E-state index contributed by atoms with van der Waals surface area (Å²) in [7, 11) is 1.46. The topological polar surface area (TPSA) is 35.2 Å². The summed E-state index contributed by atoms with van der Waals surface area (Å²) >= 11 is 0. The molecule has 100 valence electrons. The zero-order valence-electron chi connectivity index (χ0n) is 11.0. The third-order valence-electron chi connectivity index (χ3n) is 3.25. The maximum absolute atomic E-state index is 13.7. The van der Waals surface area contributed by atoms with Crippen LogP contribution in [0.3, 0.4) is 0 Å². The fourth-order valence-corrected chi connectivity index (χ4v) is 2.18. The minimum absolute atomic E-state index is 0.203. The van der Waals surface area contributed by atoms with Gasteiger partial charge in [-0.15, -0.1) is 0 Å². The van der Waals surface area contributed by atoms with Crippen molar-refractivity contribution in [1.82, 2.24) is 0 Å². The van der Waals surface area contributed by atoms with Gasteiger partial charge in [0.15, 0.2) is 11.6 Å². The number of nitrogens with two attached hydrogens (primary N) is 1. The second-order valence-corrected chi connectivity index (χ2v) is 4.52. The van der Waals surface area contributed by atoms with Crippen LogP contribution in [0.15, 0.2) is 48.5 Å². The number of rotatable bonds is 5. The molecule has 0 aliphatic heterocycles. The molecule has 0 saturated carbocycles.